The molecule has 0 saturated heterocycles. The van der Waals surface area contributed by atoms with Crippen molar-refractivity contribution in [3.63, 3.8) is 0 Å². The van der Waals surface area contributed by atoms with E-state index in [1.165, 1.54) is 32.7 Å². The summed E-state index contributed by atoms with van der Waals surface area (Å²) in [5, 5.41) is 12.8. The van der Waals surface area contributed by atoms with Crippen LogP contribution in [-0.2, 0) is 0 Å². The van der Waals surface area contributed by atoms with Crippen molar-refractivity contribution in [2.45, 2.75) is 0 Å². The monoisotopic (exact) mass is 459 g/mol. The molecule has 5 aromatic carbocycles. The lowest BCUT2D eigenvalue weighted by molar-refractivity contribution is 1.12. The van der Waals surface area contributed by atoms with Gasteiger partial charge in [0.2, 0.25) is 0 Å². The predicted octanol–water partition coefficient (Wildman–Crippen LogP) is 8.27. The van der Waals surface area contributed by atoms with E-state index in [0.29, 0.717) is 5.56 Å². The molecule has 0 fully saturated rings. The summed E-state index contributed by atoms with van der Waals surface area (Å²) in [5.41, 5.74) is 8.75. The fourth-order valence-corrected chi connectivity index (χ4v) is 5.28. The third-order valence-corrected chi connectivity index (χ3v) is 6.99. The van der Waals surface area contributed by atoms with Crippen LogP contribution in [0.1, 0.15) is 5.56 Å². The number of rotatable bonds is 3. The van der Waals surface area contributed by atoms with Gasteiger partial charge in [-0.15, -0.1) is 0 Å². The number of fused-ring (bicyclic) bond motifs is 5. The molecule has 0 radical (unpaired) electrons. The van der Waals surface area contributed by atoms with Gasteiger partial charge in [0.1, 0.15) is 0 Å². The molecule has 3 heteroatoms. The average Bonchev–Trinajstić information content (AvgIpc) is 3.53. The molecule has 0 aliphatic rings. The molecule has 2 aromatic heterocycles. The number of aromatic nitrogens is 2. The number of para-hydroxylation sites is 2. The van der Waals surface area contributed by atoms with Crippen LogP contribution in [0, 0.1) is 11.3 Å². The molecule has 0 N–H and O–H groups in total. The molecular formula is C33H21N3. The van der Waals surface area contributed by atoms with E-state index >= 15 is 0 Å². The lowest BCUT2D eigenvalue weighted by atomic mass is 10.0. The maximum absolute atomic E-state index is 9.11. The Morgan fingerprint density at radius 3 is 1.97 bits per heavy atom. The Morgan fingerprint density at radius 1 is 0.528 bits per heavy atom. The third kappa shape index (κ3) is 3.06. The molecular weight excluding hydrogens is 438 g/mol. The standard InChI is InChI=1S/C33H21N3/c34-22-23-10-12-24(13-11-23)25-14-17-28(18-15-25)36-31-9-5-4-8-29(31)30-19-16-26-20-21-35(32(26)33(30)36)27-6-2-1-3-7-27/h1-21H. The van der Waals surface area contributed by atoms with Crippen LogP contribution in [0.15, 0.2) is 128 Å². The van der Waals surface area contributed by atoms with E-state index in [1.54, 1.807) is 0 Å². The summed E-state index contributed by atoms with van der Waals surface area (Å²) in [6, 6.07) is 44.4. The van der Waals surface area contributed by atoms with E-state index in [-0.39, 0.29) is 0 Å². The van der Waals surface area contributed by atoms with Crippen LogP contribution in [0.4, 0.5) is 0 Å². The summed E-state index contributed by atoms with van der Waals surface area (Å²) >= 11 is 0. The summed E-state index contributed by atoms with van der Waals surface area (Å²) in [7, 11) is 0. The Hall–Kier alpha value is -5.07. The SMILES string of the molecule is N#Cc1ccc(-c2ccc(-n3c4ccccc4c4ccc5ccn(-c6ccccc6)c5c43)cc2)cc1. The van der Waals surface area contributed by atoms with Crippen molar-refractivity contribution >= 4 is 32.7 Å². The molecule has 168 valence electrons. The number of nitriles is 1. The van der Waals surface area contributed by atoms with Gasteiger partial charge in [-0.2, -0.15) is 5.26 Å². The Morgan fingerprint density at radius 2 is 1.22 bits per heavy atom. The minimum atomic E-state index is 0.672. The van der Waals surface area contributed by atoms with Crippen molar-refractivity contribution in [3.8, 4) is 28.6 Å². The van der Waals surface area contributed by atoms with Gasteiger partial charge >= 0.3 is 0 Å². The van der Waals surface area contributed by atoms with Gasteiger partial charge in [0, 0.05) is 33.7 Å². The van der Waals surface area contributed by atoms with E-state index in [4.69, 9.17) is 5.26 Å². The summed E-state index contributed by atoms with van der Waals surface area (Å²) in [5.74, 6) is 0. The van der Waals surface area contributed by atoms with Crippen molar-refractivity contribution in [2.24, 2.45) is 0 Å². The van der Waals surface area contributed by atoms with Gasteiger partial charge in [-0.25, -0.2) is 0 Å². The highest BCUT2D eigenvalue weighted by Crippen LogP contribution is 2.38. The van der Waals surface area contributed by atoms with Crippen molar-refractivity contribution < 1.29 is 0 Å². The highest BCUT2D eigenvalue weighted by Gasteiger charge is 2.17. The second-order valence-corrected chi connectivity index (χ2v) is 9.01. The van der Waals surface area contributed by atoms with Gasteiger partial charge in [-0.1, -0.05) is 72.8 Å². The highest BCUT2D eigenvalue weighted by molar-refractivity contribution is 6.18. The van der Waals surface area contributed by atoms with Gasteiger partial charge < -0.3 is 9.13 Å². The molecule has 0 saturated carbocycles. The molecule has 0 unspecified atom stereocenters. The second kappa shape index (κ2) is 8.01. The summed E-state index contributed by atoms with van der Waals surface area (Å²) < 4.78 is 4.67. The number of benzene rings is 5. The van der Waals surface area contributed by atoms with Crippen LogP contribution in [0.2, 0.25) is 0 Å². The van der Waals surface area contributed by atoms with E-state index in [0.717, 1.165) is 22.5 Å². The minimum Gasteiger partial charge on any atom is -0.315 e. The Kier molecular flexibility index (Phi) is 4.52. The van der Waals surface area contributed by atoms with Crippen LogP contribution in [0.5, 0.6) is 0 Å². The molecule has 0 aliphatic heterocycles. The largest absolute Gasteiger partial charge is 0.315 e. The molecule has 2 heterocycles. The summed E-state index contributed by atoms with van der Waals surface area (Å²) in [6.45, 7) is 0. The van der Waals surface area contributed by atoms with Gasteiger partial charge in [0.05, 0.1) is 28.2 Å². The number of hydrogen-bond donors (Lipinski definition) is 0. The molecule has 0 spiro atoms. The van der Waals surface area contributed by atoms with Crippen molar-refractivity contribution in [1.29, 1.82) is 5.26 Å². The first-order valence-corrected chi connectivity index (χ1v) is 12.0. The summed E-state index contributed by atoms with van der Waals surface area (Å²) in [4.78, 5) is 0. The zero-order valence-electron chi connectivity index (χ0n) is 19.5. The smallest absolute Gasteiger partial charge is 0.0991 e. The third-order valence-electron chi connectivity index (χ3n) is 6.99. The fourth-order valence-electron chi connectivity index (χ4n) is 5.28. The lowest BCUT2D eigenvalue weighted by Crippen LogP contribution is -1.98. The van der Waals surface area contributed by atoms with Crippen molar-refractivity contribution in [1.82, 2.24) is 9.13 Å². The minimum absolute atomic E-state index is 0.672. The molecule has 3 nitrogen and oxygen atoms in total. The van der Waals surface area contributed by atoms with E-state index < -0.39 is 0 Å². The Balaban J connectivity index is 1.50. The second-order valence-electron chi connectivity index (χ2n) is 9.01. The van der Waals surface area contributed by atoms with E-state index in [1.807, 2.05) is 24.3 Å². The van der Waals surface area contributed by atoms with Crippen molar-refractivity contribution in [2.75, 3.05) is 0 Å². The molecule has 36 heavy (non-hydrogen) atoms. The number of hydrogen-bond acceptors (Lipinski definition) is 1. The zero-order chi connectivity index (χ0) is 24.1. The molecule has 0 atom stereocenters. The molecule has 7 aromatic rings. The van der Waals surface area contributed by atoms with Crippen LogP contribution in [0.25, 0.3) is 55.2 Å². The maximum atomic E-state index is 9.11. The Bertz CT molecular complexity index is 1910. The zero-order valence-corrected chi connectivity index (χ0v) is 19.5. The van der Waals surface area contributed by atoms with Crippen LogP contribution < -0.4 is 0 Å². The molecule has 0 bridgehead atoms. The molecule has 7 rings (SSSR count). The first kappa shape index (κ1) is 20.3. The fraction of sp³-hybridized carbons (Fsp3) is 0. The van der Waals surface area contributed by atoms with Gasteiger partial charge in [0.25, 0.3) is 0 Å². The van der Waals surface area contributed by atoms with Gasteiger partial charge in [0.15, 0.2) is 0 Å². The molecule has 0 amide bonds. The Labute approximate surface area is 208 Å². The van der Waals surface area contributed by atoms with Crippen LogP contribution in [0.3, 0.4) is 0 Å². The van der Waals surface area contributed by atoms with Crippen LogP contribution in [-0.4, -0.2) is 9.13 Å². The number of nitrogens with zero attached hydrogens (tertiary/aromatic N) is 3. The lowest BCUT2D eigenvalue weighted by Gasteiger charge is -2.12. The first-order chi connectivity index (χ1) is 17.8. The summed E-state index contributed by atoms with van der Waals surface area (Å²) in [6.07, 6.45) is 2.16. The first-order valence-electron chi connectivity index (χ1n) is 12.0. The maximum Gasteiger partial charge on any atom is 0.0991 e. The normalized spacial score (nSPS) is 11.3. The van der Waals surface area contributed by atoms with Crippen molar-refractivity contribution in [3.05, 3.63) is 133 Å². The average molecular weight is 460 g/mol. The topological polar surface area (TPSA) is 33.6 Å². The quantitative estimate of drug-likeness (QED) is 0.262. The predicted molar refractivity (Wildman–Crippen MR) is 148 cm³/mol. The van der Waals surface area contributed by atoms with E-state index in [2.05, 4.69) is 118 Å². The molecule has 0 aliphatic carbocycles. The van der Waals surface area contributed by atoms with Gasteiger partial charge in [-0.05, 0) is 59.7 Å². The van der Waals surface area contributed by atoms with Gasteiger partial charge in [-0.3, -0.25) is 0 Å². The highest BCUT2D eigenvalue weighted by atomic mass is 15.0. The van der Waals surface area contributed by atoms with E-state index in [9.17, 15) is 0 Å². The van der Waals surface area contributed by atoms with Crippen LogP contribution >= 0.6 is 0 Å².